The number of aromatic nitrogens is 2. The molecule has 0 aliphatic heterocycles. The molecule has 0 fully saturated rings. The summed E-state index contributed by atoms with van der Waals surface area (Å²) in [5.41, 5.74) is -0.0416. The molecule has 0 aliphatic rings. The first-order valence-electron chi connectivity index (χ1n) is 5.01. The molecule has 3 N–H and O–H groups in total. The Kier molecular flexibility index (Phi) is 4.23. The minimum absolute atomic E-state index is 0.0345. The van der Waals surface area contributed by atoms with E-state index in [-0.39, 0.29) is 22.0 Å². The Hall–Kier alpha value is -1.17. The van der Waals surface area contributed by atoms with Gasteiger partial charge in [0.05, 0.1) is 10.4 Å². The third-order valence-electron chi connectivity index (χ3n) is 1.92. The van der Waals surface area contributed by atoms with Gasteiger partial charge in [-0.25, -0.2) is 4.98 Å². The van der Waals surface area contributed by atoms with Gasteiger partial charge >= 0.3 is 0 Å². The van der Waals surface area contributed by atoms with Crippen molar-refractivity contribution in [3.05, 3.63) is 21.7 Å². The number of nitrogens with zero attached hydrogens (tertiary/aromatic N) is 1. The van der Waals surface area contributed by atoms with Gasteiger partial charge in [-0.15, -0.1) is 0 Å². The van der Waals surface area contributed by atoms with Gasteiger partial charge in [-0.2, -0.15) is 0 Å². The lowest BCUT2D eigenvalue weighted by Gasteiger charge is -2.13. The first-order chi connectivity index (χ1) is 7.45. The van der Waals surface area contributed by atoms with Gasteiger partial charge in [0.2, 0.25) is 0 Å². The van der Waals surface area contributed by atoms with Crippen LogP contribution in [0.4, 0.5) is 5.82 Å². The largest absolute Gasteiger partial charge is 0.367 e. The van der Waals surface area contributed by atoms with Crippen molar-refractivity contribution in [2.24, 2.45) is 0 Å². The molecule has 0 spiro atoms. The monoisotopic (exact) mass is 286 g/mol. The van der Waals surface area contributed by atoms with Gasteiger partial charge in [0, 0.05) is 12.3 Å². The Labute approximate surface area is 102 Å². The summed E-state index contributed by atoms with van der Waals surface area (Å²) in [5.74, 6) is 1.01. The first-order valence-corrected chi connectivity index (χ1v) is 5.92. The van der Waals surface area contributed by atoms with Gasteiger partial charge < -0.3 is 15.7 Å². The van der Waals surface area contributed by atoms with Crippen LogP contribution in [0.25, 0.3) is 0 Å². The highest BCUT2D eigenvalue weighted by Gasteiger charge is 2.12. The number of halogens is 1. The number of hydrogen-bond acceptors (Lipinski definition) is 4. The Bertz CT molecular complexity index is 439. The van der Waals surface area contributed by atoms with Gasteiger partial charge in [-0.3, -0.25) is 4.79 Å². The maximum atomic E-state index is 11.7. The predicted octanol–water partition coefficient (Wildman–Crippen LogP) is 2.04. The van der Waals surface area contributed by atoms with Crippen molar-refractivity contribution in [2.75, 3.05) is 5.32 Å². The van der Waals surface area contributed by atoms with Gasteiger partial charge in [0.1, 0.15) is 11.6 Å². The number of aromatic amines is 1. The lowest BCUT2D eigenvalue weighted by molar-refractivity contribution is 0.858. The van der Waals surface area contributed by atoms with Crippen molar-refractivity contribution < 1.29 is 0 Å². The zero-order valence-electron chi connectivity index (χ0n) is 9.47. The molecule has 1 aromatic heterocycles. The van der Waals surface area contributed by atoms with Crippen LogP contribution in [0.3, 0.4) is 0 Å². The summed E-state index contributed by atoms with van der Waals surface area (Å²) in [6, 6.07) is 0.159. The Morgan fingerprint density at radius 2 is 2.12 bits per heavy atom. The molecule has 0 aliphatic carbocycles. The smallest absolute Gasteiger partial charge is 0.261 e. The van der Waals surface area contributed by atoms with Gasteiger partial charge in [-0.1, -0.05) is 15.9 Å². The van der Waals surface area contributed by atoms with Crippen LogP contribution in [0.1, 0.15) is 37.0 Å². The number of rotatable bonds is 4. The second-order valence-corrected chi connectivity index (χ2v) is 5.15. The maximum absolute atomic E-state index is 11.7. The zero-order valence-corrected chi connectivity index (χ0v) is 11.1. The summed E-state index contributed by atoms with van der Waals surface area (Å²) in [7, 11) is 0. The van der Waals surface area contributed by atoms with Crippen LogP contribution in [0.5, 0.6) is 0 Å². The van der Waals surface area contributed by atoms with E-state index in [1.54, 1.807) is 0 Å². The molecular formula is C10H15BrN4O. The quantitative estimate of drug-likeness (QED) is 0.585. The minimum Gasteiger partial charge on any atom is -0.367 e. The zero-order chi connectivity index (χ0) is 12.3. The average Bonchev–Trinajstić information content (AvgIpc) is 2.16. The predicted molar refractivity (Wildman–Crippen MR) is 68.8 cm³/mol. The molecule has 88 valence electrons. The second kappa shape index (κ2) is 5.25. The molecule has 0 amide bonds. The van der Waals surface area contributed by atoms with Crippen LogP contribution < -0.4 is 10.9 Å². The van der Waals surface area contributed by atoms with Crippen LogP contribution >= 0.6 is 15.9 Å². The van der Waals surface area contributed by atoms with Crippen LogP contribution in [0, 0.1) is 5.41 Å². The molecule has 0 saturated heterocycles. The van der Waals surface area contributed by atoms with Crippen molar-refractivity contribution in [1.82, 2.24) is 9.97 Å². The van der Waals surface area contributed by atoms with Gasteiger partial charge in [0.25, 0.3) is 5.56 Å². The summed E-state index contributed by atoms with van der Waals surface area (Å²) in [5, 5.41) is 10.3. The first kappa shape index (κ1) is 12.9. The standard InChI is InChI=1S/C10H15BrN4O/c1-5(2)13-9-7(4-12)10(16)15-8(14-9)6(3)11/h4-6,12H,1-3H3,(H2,13,14,15,16). The summed E-state index contributed by atoms with van der Waals surface area (Å²) in [6.07, 6.45) is 1.01. The molecule has 6 heteroatoms. The highest BCUT2D eigenvalue weighted by atomic mass is 79.9. The molecule has 0 aromatic carbocycles. The van der Waals surface area contributed by atoms with Crippen LogP contribution in [-0.4, -0.2) is 22.2 Å². The fourth-order valence-corrected chi connectivity index (χ4v) is 1.42. The third-order valence-corrected chi connectivity index (χ3v) is 2.35. The second-order valence-electron chi connectivity index (χ2n) is 3.77. The fraction of sp³-hybridized carbons (Fsp3) is 0.500. The maximum Gasteiger partial charge on any atom is 0.261 e. The summed E-state index contributed by atoms with van der Waals surface area (Å²) >= 11 is 3.35. The number of nitrogens with one attached hydrogen (secondary N) is 3. The van der Waals surface area contributed by atoms with E-state index < -0.39 is 0 Å². The summed E-state index contributed by atoms with van der Waals surface area (Å²) < 4.78 is 0. The van der Waals surface area contributed by atoms with Crippen molar-refractivity contribution >= 4 is 28.0 Å². The van der Waals surface area contributed by atoms with E-state index in [4.69, 9.17) is 5.41 Å². The van der Waals surface area contributed by atoms with Crippen molar-refractivity contribution in [3.8, 4) is 0 Å². The number of hydrogen-bond donors (Lipinski definition) is 3. The van der Waals surface area contributed by atoms with Gasteiger partial charge in [0.15, 0.2) is 0 Å². The molecule has 0 saturated carbocycles. The van der Waals surface area contributed by atoms with E-state index in [2.05, 4.69) is 31.2 Å². The Morgan fingerprint density at radius 1 is 1.50 bits per heavy atom. The molecule has 1 atom stereocenters. The van der Waals surface area contributed by atoms with Crippen molar-refractivity contribution in [2.45, 2.75) is 31.6 Å². The van der Waals surface area contributed by atoms with E-state index in [1.807, 2.05) is 20.8 Å². The lowest BCUT2D eigenvalue weighted by Crippen LogP contribution is -2.22. The lowest BCUT2D eigenvalue weighted by atomic mass is 10.3. The highest BCUT2D eigenvalue weighted by Crippen LogP contribution is 2.18. The Morgan fingerprint density at radius 3 is 2.56 bits per heavy atom. The van der Waals surface area contributed by atoms with Crippen molar-refractivity contribution in [1.29, 1.82) is 5.41 Å². The van der Waals surface area contributed by atoms with E-state index in [0.717, 1.165) is 6.21 Å². The molecule has 1 unspecified atom stereocenters. The number of alkyl halides is 1. The molecule has 1 rings (SSSR count). The average molecular weight is 287 g/mol. The molecular weight excluding hydrogens is 272 g/mol. The Balaban J connectivity index is 3.30. The van der Waals surface area contributed by atoms with Crippen molar-refractivity contribution in [3.63, 3.8) is 0 Å². The topological polar surface area (TPSA) is 81.6 Å². The molecule has 0 radical (unpaired) electrons. The van der Waals surface area contributed by atoms with Crippen LogP contribution in [0.15, 0.2) is 4.79 Å². The number of H-pyrrole nitrogens is 1. The molecule has 1 aromatic rings. The van der Waals surface area contributed by atoms with Gasteiger partial charge in [-0.05, 0) is 20.8 Å². The normalized spacial score (nSPS) is 12.6. The van der Waals surface area contributed by atoms with Crippen LogP contribution in [-0.2, 0) is 0 Å². The third kappa shape index (κ3) is 2.91. The minimum atomic E-state index is -0.297. The van der Waals surface area contributed by atoms with E-state index in [9.17, 15) is 4.79 Å². The molecule has 16 heavy (non-hydrogen) atoms. The molecule has 1 heterocycles. The fourth-order valence-electron chi connectivity index (χ4n) is 1.21. The van der Waals surface area contributed by atoms with E-state index in [1.165, 1.54) is 0 Å². The summed E-state index contributed by atoms with van der Waals surface area (Å²) in [4.78, 5) is 18.5. The summed E-state index contributed by atoms with van der Waals surface area (Å²) in [6.45, 7) is 5.78. The number of anilines is 1. The SMILES string of the molecule is CC(C)Nc1nc(C(C)Br)[nH]c(=O)c1C=N. The molecule has 5 nitrogen and oxygen atoms in total. The molecule has 0 bridgehead atoms. The highest BCUT2D eigenvalue weighted by molar-refractivity contribution is 9.09. The van der Waals surface area contributed by atoms with E-state index in [0.29, 0.717) is 11.6 Å². The van der Waals surface area contributed by atoms with E-state index >= 15 is 0 Å². The van der Waals surface area contributed by atoms with Crippen LogP contribution in [0.2, 0.25) is 0 Å².